The lowest BCUT2D eigenvalue weighted by atomic mass is 10.0. The minimum absolute atomic E-state index is 0.0545. The number of carbonyl (C=O) groups is 2. The van der Waals surface area contributed by atoms with Crippen molar-refractivity contribution in [3.05, 3.63) is 22.7 Å². The van der Waals surface area contributed by atoms with Gasteiger partial charge in [-0.1, -0.05) is 6.07 Å². The molecule has 5 nitrogen and oxygen atoms in total. The van der Waals surface area contributed by atoms with Crippen LogP contribution in [0.25, 0.3) is 0 Å². The zero-order valence-electron chi connectivity index (χ0n) is 9.81. The molecular weight excluding hydrogens is 298 g/mol. The number of rotatable bonds is 0. The Kier molecular flexibility index (Phi) is 2.64. The van der Waals surface area contributed by atoms with Gasteiger partial charge in [-0.05, 0) is 28.1 Å². The first kappa shape index (κ1) is 11.7. The van der Waals surface area contributed by atoms with E-state index in [9.17, 15) is 9.59 Å². The second kappa shape index (κ2) is 4.07. The van der Waals surface area contributed by atoms with Gasteiger partial charge < -0.3 is 10.2 Å². The molecule has 94 valence electrons. The zero-order valence-corrected chi connectivity index (χ0v) is 11.4. The van der Waals surface area contributed by atoms with Crippen molar-refractivity contribution in [3.8, 4) is 0 Å². The maximum Gasteiger partial charge on any atom is 0.251 e. The van der Waals surface area contributed by atoms with Gasteiger partial charge in [0.2, 0.25) is 5.91 Å². The second-order valence-corrected chi connectivity index (χ2v) is 5.27. The molecule has 6 heteroatoms. The summed E-state index contributed by atoms with van der Waals surface area (Å²) in [7, 11) is 1.74. The van der Waals surface area contributed by atoms with E-state index in [2.05, 4.69) is 21.2 Å². The van der Waals surface area contributed by atoms with Gasteiger partial charge in [-0.3, -0.25) is 14.5 Å². The summed E-state index contributed by atoms with van der Waals surface area (Å²) in [5.41, 5.74) is 1.55. The fourth-order valence-corrected chi connectivity index (χ4v) is 3.05. The molecule has 1 atom stereocenters. The van der Waals surface area contributed by atoms with E-state index in [0.717, 1.165) is 15.8 Å². The number of amides is 2. The second-order valence-electron chi connectivity index (χ2n) is 4.42. The number of nitrogens with zero attached hydrogens (tertiary/aromatic N) is 2. The van der Waals surface area contributed by atoms with Crippen LogP contribution in [0.2, 0.25) is 0 Å². The number of anilines is 2. The van der Waals surface area contributed by atoms with E-state index in [1.807, 2.05) is 18.2 Å². The number of piperazine rings is 1. The summed E-state index contributed by atoms with van der Waals surface area (Å²) in [5, 5.41) is 2.98. The topological polar surface area (TPSA) is 52.7 Å². The summed E-state index contributed by atoms with van der Waals surface area (Å²) < 4.78 is 0.833. The van der Waals surface area contributed by atoms with Gasteiger partial charge in [0.15, 0.2) is 0 Å². The Bertz CT molecular complexity index is 546. The Hall–Kier alpha value is -1.40. The van der Waals surface area contributed by atoms with Gasteiger partial charge in [0, 0.05) is 18.1 Å². The van der Waals surface area contributed by atoms with Crippen molar-refractivity contribution >= 4 is 39.1 Å². The number of hydrogen-bond acceptors (Lipinski definition) is 3. The van der Waals surface area contributed by atoms with Crippen LogP contribution in [0.4, 0.5) is 11.4 Å². The molecule has 1 aromatic rings. The largest absolute Gasteiger partial charge is 0.312 e. The van der Waals surface area contributed by atoms with Crippen molar-refractivity contribution in [1.29, 1.82) is 0 Å². The molecule has 3 rings (SSSR count). The Balaban J connectivity index is 2.22. The Morgan fingerprint density at radius 3 is 2.94 bits per heavy atom. The highest BCUT2D eigenvalue weighted by molar-refractivity contribution is 9.10. The fraction of sp³-hybridized carbons (Fsp3) is 0.333. The molecule has 2 amide bonds. The van der Waals surface area contributed by atoms with E-state index >= 15 is 0 Å². The maximum absolute atomic E-state index is 12.3. The monoisotopic (exact) mass is 309 g/mol. The van der Waals surface area contributed by atoms with Crippen molar-refractivity contribution < 1.29 is 9.59 Å². The predicted octanol–water partition coefficient (Wildman–Crippen LogP) is 0.730. The summed E-state index contributed by atoms with van der Waals surface area (Å²) in [6, 6.07) is 5.15. The summed E-state index contributed by atoms with van der Waals surface area (Å²) >= 11 is 3.47. The molecule has 0 saturated carbocycles. The van der Waals surface area contributed by atoms with Crippen LogP contribution in [0.1, 0.15) is 0 Å². The third kappa shape index (κ3) is 1.49. The molecular formula is C12H12BrN3O2. The molecule has 0 aliphatic carbocycles. The number of para-hydroxylation sites is 1. The average molecular weight is 310 g/mol. The van der Waals surface area contributed by atoms with Crippen molar-refractivity contribution in [2.24, 2.45) is 0 Å². The average Bonchev–Trinajstić information content (AvgIpc) is 2.36. The van der Waals surface area contributed by atoms with Crippen LogP contribution in [0.15, 0.2) is 22.7 Å². The normalized spacial score (nSPS) is 22.9. The molecule has 0 radical (unpaired) electrons. The van der Waals surface area contributed by atoms with Gasteiger partial charge >= 0.3 is 0 Å². The smallest absolute Gasteiger partial charge is 0.251 e. The van der Waals surface area contributed by atoms with Crippen molar-refractivity contribution in [2.45, 2.75) is 6.04 Å². The van der Waals surface area contributed by atoms with Crippen LogP contribution in [-0.4, -0.2) is 38.0 Å². The quantitative estimate of drug-likeness (QED) is 0.769. The van der Waals surface area contributed by atoms with Crippen LogP contribution >= 0.6 is 15.9 Å². The Labute approximate surface area is 113 Å². The molecule has 0 spiro atoms. The number of halogens is 1. The molecule has 2 aliphatic rings. The molecule has 1 aromatic carbocycles. The highest BCUT2D eigenvalue weighted by atomic mass is 79.9. The molecule has 1 saturated heterocycles. The third-order valence-corrected chi connectivity index (χ3v) is 4.02. The zero-order chi connectivity index (χ0) is 12.9. The molecule has 1 N–H and O–H groups in total. The molecule has 2 heterocycles. The molecule has 0 aromatic heterocycles. The first-order valence-corrected chi connectivity index (χ1v) is 6.49. The van der Waals surface area contributed by atoms with Crippen molar-refractivity contribution in [1.82, 2.24) is 5.32 Å². The van der Waals surface area contributed by atoms with Gasteiger partial charge in [-0.25, -0.2) is 0 Å². The summed E-state index contributed by atoms with van der Waals surface area (Å²) in [6.45, 7) is 0.768. The summed E-state index contributed by atoms with van der Waals surface area (Å²) in [5.74, 6) is -0.123. The third-order valence-electron chi connectivity index (χ3n) is 3.38. The fourth-order valence-electron chi connectivity index (χ4n) is 2.50. The van der Waals surface area contributed by atoms with Gasteiger partial charge in [-0.15, -0.1) is 0 Å². The maximum atomic E-state index is 12.3. The van der Waals surface area contributed by atoms with Crippen LogP contribution in [0.3, 0.4) is 0 Å². The summed E-state index contributed by atoms with van der Waals surface area (Å²) in [6.07, 6.45) is 0. The van der Waals surface area contributed by atoms with Gasteiger partial charge in [0.25, 0.3) is 5.91 Å². The molecule has 18 heavy (non-hydrogen) atoms. The number of nitrogens with one attached hydrogen (secondary N) is 1. The molecule has 0 bridgehead atoms. The SMILES string of the molecule is CN1C(=O)C2CNCC(=O)N2c2c(Br)cccc21. The number of benzene rings is 1. The first-order valence-electron chi connectivity index (χ1n) is 5.70. The van der Waals surface area contributed by atoms with E-state index in [0.29, 0.717) is 6.54 Å². The van der Waals surface area contributed by atoms with Crippen LogP contribution in [0.5, 0.6) is 0 Å². The number of hydrogen-bond donors (Lipinski definition) is 1. The van der Waals surface area contributed by atoms with E-state index < -0.39 is 6.04 Å². The lowest BCUT2D eigenvalue weighted by molar-refractivity contribution is -0.126. The summed E-state index contributed by atoms with van der Waals surface area (Å²) in [4.78, 5) is 27.5. The number of carbonyl (C=O) groups excluding carboxylic acids is 2. The van der Waals surface area contributed by atoms with Crippen LogP contribution < -0.4 is 15.1 Å². The van der Waals surface area contributed by atoms with E-state index in [4.69, 9.17) is 0 Å². The van der Waals surface area contributed by atoms with E-state index in [-0.39, 0.29) is 18.4 Å². The highest BCUT2D eigenvalue weighted by Gasteiger charge is 2.42. The standard InChI is InChI=1S/C12H12BrN3O2/c1-15-8-4-2-3-7(13)11(8)16-9(12(15)18)5-14-6-10(16)17/h2-4,9,14H,5-6H2,1H3. The lowest BCUT2D eigenvalue weighted by Gasteiger charge is -2.43. The minimum atomic E-state index is -0.442. The highest BCUT2D eigenvalue weighted by Crippen LogP contribution is 2.41. The van der Waals surface area contributed by atoms with Gasteiger partial charge in [-0.2, -0.15) is 0 Å². The Morgan fingerprint density at radius 1 is 1.39 bits per heavy atom. The van der Waals surface area contributed by atoms with Crippen LogP contribution in [0, 0.1) is 0 Å². The lowest BCUT2D eigenvalue weighted by Crippen LogP contribution is -2.63. The number of likely N-dealkylation sites (N-methyl/N-ethyl adjacent to an activating group) is 1. The minimum Gasteiger partial charge on any atom is -0.312 e. The molecule has 2 aliphatic heterocycles. The Morgan fingerprint density at radius 2 is 2.17 bits per heavy atom. The number of fused-ring (bicyclic) bond motifs is 3. The first-order chi connectivity index (χ1) is 8.61. The van der Waals surface area contributed by atoms with Gasteiger partial charge in [0.05, 0.1) is 17.9 Å². The van der Waals surface area contributed by atoms with Gasteiger partial charge in [0.1, 0.15) is 6.04 Å². The molecule has 1 fully saturated rings. The van der Waals surface area contributed by atoms with Crippen molar-refractivity contribution in [3.63, 3.8) is 0 Å². The predicted molar refractivity (Wildman–Crippen MR) is 71.7 cm³/mol. The van der Waals surface area contributed by atoms with Crippen LogP contribution in [-0.2, 0) is 9.59 Å². The van der Waals surface area contributed by atoms with E-state index in [1.165, 1.54) is 0 Å². The van der Waals surface area contributed by atoms with Crippen molar-refractivity contribution in [2.75, 3.05) is 29.9 Å². The van der Waals surface area contributed by atoms with E-state index in [1.54, 1.807) is 16.8 Å². The molecule has 1 unspecified atom stereocenters.